The van der Waals surface area contributed by atoms with E-state index < -0.39 is 10.0 Å². The van der Waals surface area contributed by atoms with E-state index in [1.165, 1.54) is 6.33 Å². The van der Waals surface area contributed by atoms with E-state index in [9.17, 15) is 8.42 Å². The summed E-state index contributed by atoms with van der Waals surface area (Å²) in [5.41, 5.74) is 1.88. The van der Waals surface area contributed by atoms with E-state index in [-0.39, 0.29) is 11.0 Å². The third-order valence-electron chi connectivity index (χ3n) is 6.83. The quantitative estimate of drug-likeness (QED) is 0.456. The molecule has 3 heterocycles. The summed E-state index contributed by atoms with van der Waals surface area (Å²) < 4.78 is 40.2. The Labute approximate surface area is 212 Å². The van der Waals surface area contributed by atoms with Crippen LogP contribution in [0.25, 0.3) is 10.9 Å². The molecule has 1 unspecified atom stereocenters. The van der Waals surface area contributed by atoms with Crippen molar-refractivity contribution in [3.05, 3.63) is 60.4 Å². The Balaban J connectivity index is 1.30. The summed E-state index contributed by atoms with van der Waals surface area (Å²) in [6.45, 7) is 8.26. The molecule has 0 aliphatic carbocycles. The van der Waals surface area contributed by atoms with Gasteiger partial charge in [0.15, 0.2) is 0 Å². The van der Waals surface area contributed by atoms with Crippen LogP contribution in [0.5, 0.6) is 0 Å². The fourth-order valence-corrected chi connectivity index (χ4v) is 6.32. The molecule has 9 nitrogen and oxygen atoms in total. The van der Waals surface area contributed by atoms with E-state index in [0.717, 1.165) is 41.9 Å². The zero-order valence-electron chi connectivity index (χ0n) is 20.6. The predicted octanol–water partition coefficient (Wildman–Crippen LogP) is 2.55. The number of benzene rings is 2. The van der Waals surface area contributed by atoms with E-state index in [1.807, 2.05) is 25.1 Å². The van der Waals surface area contributed by atoms with E-state index in [4.69, 9.17) is 9.47 Å². The lowest BCUT2D eigenvalue weighted by Gasteiger charge is -2.35. The van der Waals surface area contributed by atoms with Crippen molar-refractivity contribution in [2.45, 2.75) is 17.9 Å². The van der Waals surface area contributed by atoms with Gasteiger partial charge in [-0.3, -0.25) is 4.90 Å². The second-order valence-corrected chi connectivity index (χ2v) is 11.0. The number of hydrogen-bond donors (Lipinski definition) is 0. The third kappa shape index (κ3) is 5.37. The highest BCUT2D eigenvalue weighted by atomic mass is 32.2. The van der Waals surface area contributed by atoms with Crippen molar-refractivity contribution in [1.82, 2.24) is 19.2 Å². The zero-order chi connectivity index (χ0) is 25.0. The summed E-state index contributed by atoms with van der Waals surface area (Å²) in [5, 5.41) is 0.751. The maximum Gasteiger partial charge on any atom is 0.243 e. The molecule has 2 aliphatic heterocycles. The van der Waals surface area contributed by atoms with E-state index in [1.54, 1.807) is 22.5 Å². The van der Waals surface area contributed by atoms with Crippen molar-refractivity contribution in [1.29, 1.82) is 0 Å². The van der Waals surface area contributed by atoms with Crippen molar-refractivity contribution in [3.63, 3.8) is 0 Å². The van der Waals surface area contributed by atoms with Crippen LogP contribution in [0.3, 0.4) is 0 Å². The van der Waals surface area contributed by atoms with Gasteiger partial charge in [0.25, 0.3) is 0 Å². The van der Waals surface area contributed by atoms with Crippen molar-refractivity contribution in [2.75, 3.05) is 70.5 Å². The number of hydrogen-bond acceptors (Lipinski definition) is 8. The van der Waals surface area contributed by atoms with Gasteiger partial charge in [-0.15, -0.1) is 0 Å². The maximum atomic E-state index is 13.6. The minimum atomic E-state index is -3.64. The highest BCUT2D eigenvalue weighted by molar-refractivity contribution is 7.89. The number of rotatable bonds is 8. The molecule has 0 amide bonds. The Bertz CT molecular complexity index is 1260. The second kappa shape index (κ2) is 11.2. The standard InChI is InChI=1S/C26H33N5O4S/c1-2-35-25(21-6-4-3-5-7-21)19-29-10-12-31(13-11-29)36(32,33)22-8-9-24-23(18-22)26(28-20-27-24)30-14-16-34-17-15-30/h3-9,18,20,25H,2,10-17,19H2,1H3. The molecule has 0 spiro atoms. The van der Waals surface area contributed by atoms with Gasteiger partial charge in [-0.05, 0) is 30.7 Å². The molecule has 10 heteroatoms. The molecule has 192 valence electrons. The molecule has 36 heavy (non-hydrogen) atoms. The van der Waals surface area contributed by atoms with Gasteiger partial charge in [0.2, 0.25) is 10.0 Å². The monoisotopic (exact) mass is 511 g/mol. The molecule has 2 aliphatic rings. The van der Waals surface area contributed by atoms with Crippen LogP contribution in [0, 0.1) is 0 Å². The molecule has 0 N–H and O–H groups in total. The summed E-state index contributed by atoms with van der Waals surface area (Å²) in [6, 6.07) is 15.3. The molecule has 2 fully saturated rings. The molecule has 0 bridgehead atoms. The van der Waals surface area contributed by atoms with Crippen LogP contribution in [-0.2, 0) is 19.5 Å². The molecule has 1 aromatic heterocycles. The fourth-order valence-electron chi connectivity index (χ4n) is 4.87. The summed E-state index contributed by atoms with van der Waals surface area (Å²) in [7, 11) is -3.64. The predicted molar refractivity (Wildman–Crippen MR) is 139 cm³/mol. The third-order valence-corrected chi connectivity index (χ3v) is 8.72. The van der Waals surface area contributed by atoms with Gasteiger partial charge in [-0.1, -0.05) is 30.3 Å². The van der Waals surface area contributed by atoms with Crippen LogP contribution >= 0.6 is 0 Å². The van der Waals surface area contributed by atoms with Crippen LogP contribution in [0.2, 0.25) is 0 Å². The Morgan fingerprint density at radius 2 is 1.72 bits per heavy atom. The smallest absolute Gasteiger partial charge is 0.243 e. The zero-order valence-corrected chi connectivity index (χ0v) is 21.4. The number of ether oxygens (including phenoxy) is 2. The van der Waals surface area contributed by atoms with E-state index in [0.29, 0.717) is 46.0 Å². The minimum Gasteiger partial charge on any atom is -0.378 e. The molecule has 2 aromatic carbocycles. The lowest BCUT2D eigenvalue weighted by molar-refractivity contribution is 0.0249. The number of anilines is 1. The van der Waals surface area contributed by atoms with E-state index >= 15 is 0 Å². The first-order valence-electron chi connectivity index (χ1n) is 12.5. The summed E-state index contributed by atoms with van der Waals surface area (Å²) >= 11 is 0. The largest absolute Gasteiger partial charge is 0.378 e. The summed E-state index contributed by atoms with van der Waals surface area (Å²) in [4.78, 5) is 13.5. The van der Waals surface area contributed by atoms with Gasteiger partial charge in [-0.25, -0.2) is 18.4 Å². The first-order chi connectivity index (χ1) is 17.6. The van der Waals surface area contributed by atoms with Crippen LogP contribution in [0.4, 0.5) is 5.82 Å². The number of morpholine rings is 1. The highest BCUT2D eigenvalue weighted by Gasteiger charge is 2.30. The van der Waals surface area contributed by atoms with Crippen LogP contribution < -0.4 is 4.90 Å². The summed E-state index contributed by atoms with van der Waals surface area (Å²) in [6.07, 6.45) is 1.50. The first-order valence-corrected chi connectivity index (χ1v) is 14.0. The van der Waals surface area contributed by atoms with Gasteiger partial charge in [-0.2, -0.15) is 4.31 Å². The number of fused-ring (bicyclic) bond motifs is 1. The fraction of sp³-hybridized carbons (Fsp3) is 0.462. The van der Waals surface area contributed by atoms with Gasteiger partial charge in [0, 0.05) is 57.8 Å². The Kier molecular flexibility index (Phi) is 7.78. The Morgan fingerprint density at radius 1 is 0.972 bits per heavy atom. The maximum absolute atomic E-state index is 13.6. The molecule has 1 atom stereocenters. The number of nitrogens with zero attached hydrogens (tertiary/aromatic N) is 5. The second-order valence-electron chi connectivity index (χ2n) is 9.04. The molecule has 3 aromatic rings. The van der Waals surface area contributed by atoms with Gasteiger partial charge in [0.1, 0.15) is 12.1 Å². The summed E-state index contributed by atoms with van der Waals surface area (Å²) in [5.74, 6) is 0.757. The number of aromatic nitrogens is 2. The Hall–Kier alpha value is -2.63. The molecular weight excluding hydrogens is 478 g/mol. The molecular formula is C26H33N5O4S. The number of piperazine rings is 1. The number of sulfonamides is 1. The van der Waals surface area contributed by atoms with Crippen LogP contribution in [-0.4, -0.2) is 93.2 Å². The van der Waals surface area contributed by atoms with Gasteiger partial charge < -0.3 is 14.4 Å². The first kappa shape index (κ1) is 25.0. The van der Waals surface area contributed by atoms with Crippen LogP contribution in [0.15, 0.2) is 59.8 Å². The Morgan fingerprint density at radius 3 is 2.44 bits per heavy atom. The van der Waals surface area contributed by atoms with Crippen LogP contribution in [0.1, 0.15) is 18.6 Å². The average Bonchev–Trinajstić information content (AvgIpc) is 2.93. The lowest BCUT2D eigenvalue weighted by atomic mass is 10.1. The van der Waals surface area contributed by atoms with Crippen molar-refractivity contribution >= 4 is 26.7 Å². The average molecular weight is 512 g/mol. The van der Waals surface area contributed by atoms with Crippen molar-refractivity contribution in [3.8, 4) is 0 Å². The molecule has 5 rings (SSSR count). The normalized spacial score (nSPS) is 19.0. The van der Waals surface area contributed by atoms with Crippen molar-refractivity contribution in [2.24, 2.45) is 0 Å². The highest BCUT2D eigenvalue weighted by Crippen LogP contribution is 2.28. The SMILES string of the molecule is CCOC(CN1CCN(S(=O)(=O)c2ccc3ncnc(N4CCOCC4)c3c2)CC1)c1ccccc1. The molecule has 0 radical (unpaired) electrons. The van der Waals surface area contributed by atoms with Crippen molar-refractivity contribution < 1.29 is 17.9 Å². The topological polar surface area (TPSA) is 88.1 Å². The lowest BCUT2D eigenvalue weighted by Crippen LogP contribution is -2.49. The minimum absolute atomic E-state index is 0.0292. The molecule has 0 saturated carbocycles. The van der Waals surface area contributed by atoms with Gasteiger partial charge >= 0.3 is 0 Å². The molecule has 2 saturated heterocycles. The van der Waals surface area contributed by atoms with E-state index in [2.05, 4.69) is 31.9 Å². The van der Waals surface area contributed by atoms with Gasteiger partial charge in [0.05, 0.1) is 29.7 Å².